The van der Waals surface area contributed by atoms with Gasteiger partial charge in [-0.3, -0.25) is 4.90 Å². The van der Waals surface area contributed by atoms with Crippen LogP contribution in [0.2, 0.25) is 0 Å². The van der Waals surface area contributed by atoms with Crippen LogP contribution in [0.15, 0.2) is 53.3 Å². The highest BCUT2D eigenvalue weighted by molar-refractivity contribution is 5.93. The fourth-order valence-corrected chi connectivity index (χ4v) is 5.37. The Hall–Kier alpha value is -4.20. The van der Waals surface area contributed by atoms with E-state index in [0.29, 0.717) is 54.8 Å². The van der Waals surface area contributed by atoms with Gasteiger partial charge in [-0.1, -0.05) is 0 Å². The highest BCUT2D eigenvalue weighted by atomic mass is 19.1. The summed E-state index contributed by atoms with van der Waals surface area (Å²) >= 11 is 0. The molecular formula is C27H29FN8O4. The molecule has 2 aliphatic heterocycles. The van der Waals surface area contributed by atoms with Crippen LogP contribution in [0.1, 0.15) is 0 Å². The average molecular weight is 549 g/mol. The van der Waals surface area contributed by atoms with Gasteiger partial charge in [0.1, 0.15) is 29.5 Å². The van der Waals surface area contributed by atoms with Gasteiger partial charge in [0.25, 0.3) is 0 Å². The Kier molecular flexibility index (Phi) is 6.25. The van der Waals surface area contributed by atoms with Crippen molar-refractivity contribution in [1.29, 1.82) is 0 Å². The van der Waals surface area contributed by atoms with E-state index in [9.17, 15) is 9.50 Å². The Morgan fingerprint density at radius 1 is 1.10 bits per heavy atom. The molecule has 0 spiro atoms. The summed E-state index contributed by atoms with van der Waals surface area (Å²) in [5.41, 5.74) is 8.99. The summed E-state index contributed by atoms with van der Waals surface area (Å²) in [5.74, 6) is 0.987. The molecule has 13 heteroatoms. The number of nitrogens with two attached hydrogens (primary N) is 1. The van der Waals surface area contributed by atoms with Crippen LogP contribution >= 0.6 is 0 Å². The van der Waals surface area contributed by atoms with Crippen molar-refractivity contribution in [3.05, 3.63) is 54.7 Å². The van der Waals surface area contributed by atoms with Crippen molar-refractivity contribution < 1.29 is 23.4 Å². The first-order valence-electron chi connectivity index (χ1n) is 13.3. The minimum absolute atomic E-state index is 0.235. The van der Waals surface area contributed by atoms with E-state index in [4.69, 9.17) is 19.6 Å². The number of anilines is 2. The second-order valence-corrected chi connectivity index (χ2v) is 10.1. The first-order chi connectivity index (χ1) is 19.5. The zero-order chi connectivity index (χ0) is 27.2. The normalized spacial score (nSPS) is 20.2. The predicted octanol–water partition coefficient (Wildman–Crippen LogP) is 2.02. The summed E-state index contributed by atoms with van der Waals surface area (Å²) in [5, 5.41) is 19.8. The van der Waals surface area contributed by atoms with Crippen LogP contribution in [-0.2, 0) is 11.3 Å². The van der Waals surface area contributed by atoms with Crippen LogP contribution < -0.4 is 15.4 Å². The number of aromatic nitrogens is 5. The number of hydrogen-bond donors (Lipinski definition) is 2. The van der Waals surface area contributed by atoms with Gasteiger partial charge < -0.3 is 29.6 Å². The van der Waals surface area contributed by atoms with E-state index in [2.05, 4.69) is 20.1 Å². The Balaban J connectivity index is 0.990. The van der Waals surface area contributed by atoms with Crippen LogP contribution in [0.25, 0.3) is 28.0 Å². The quantitative estimate of drug-likeness (QED) is 0.311. The Morgan fingerprint density at radius 2 is 1.98 bits per heavy atom. The molecule has 2 atom stereocenters. The third kappa shape index (κ3) is 4.51. The highest BCUT2D eigenvalue weighted by Gasteiger charge is 2.28. The van der Waals surface area contributed by atoms with Gasteiger partial charge in [-0.05, 0) is 30.3 Å². The molecular weight excluding hydrogens is 519 g/mol. The summed E-state index contributed by atoms with van der Waals surface area (Å²) in [4.78, 5) is 8.95. The third-order valence-corrected chi connectivity index (χ3v) is 7.56. The number of piperazine rings is 1. The van der Waals surface area contributed by atoms with Gasteiger partial charge in [-0.25, -0.2) is 9.07 Å². The van der Waals surface area contributed by atoms with Crippen LogP contribution in [0.5, 0.6) is 5.75 Å². The van der Waals surface area contributed by atoms with Gasteiger partial charge in [-0.15, -0.1) is 0 Å². The number of benzene rings is 1. The lowest BCUT2D eigenvalue weighted by Gasteiger charge is -2.36. The zero-order valence-corrected chi connectivity index (χ0v) is 21.7. The first-order valence-corrected chi connectivity index (χ1v) is 13.3. The molecule has 2 aliphatic rings. The van der Waals surface area contributed by atoms with Crippen molar-refractivity contribution in [3.8, 4) is 17.2 Å². The topological polar surface area (TPSA) is 132 Å². The third-order valence-electron chi connectivity index (χ3n) is 7.56. The maximum atomic E-state index is 14.9. The SMILES string of the molecule is Nc1nc2c(cnn2CCN2CCN(c3ccc(O[C@H]4COC[C@@H]4O)cc3F)CC2)c2cc(-c3ccco3)nn12. The maximum absolute atomic E-state index is 14.9. The molecule has 0 unspecified atom stereocenters. The standard InChI is InChI=1S/C27H29FN8O4/c28-19-12-17(40-25-16-38-15-23(25)37)3-4-21(19)34-8-5-33(6-9-34)7-10-35-26-18(14-30-35)22-13-20(24-2-1-11-39-24)32-36(22)27(29)31-26/h1-4,11-14,23,25,37H,5-10,15-16H2,(H2,29,31)/t23-,25-/m0/s1. The van der Waals surface area contributed by atoms with Crippen molar-refractivity contribution in [1.82, 2.24) is 29.3 Å². The van der Waals surface area contributed by atoms with E-state index in [1.165, 1.54) is 6.07 Å². The molecule has 6 heterocycles. The van der Waals surface area contributed by atoms with Crippen molar-refractivity contribution >= 4 is 28.2 Å². The second-order valence-electron chi connectivity index (χ2n) is 10.1. The summed E-state index contributed by atoms with van der Waals surface area (Å²) in [6, 6.07) is 10.5. The van der Waals surface area contributed by atoms with Gasteiger partial charge in [0.15, 0.2) is 11.4 Å². The molecule has 7 rings (SSSR count). The van der Waals surface area contributed by atoms with E-state index in [1.54, 1.807) is 29.1 Å². The smallest absolute Gasteiger partial charge is 0.223 e. The number of ether oxygens (including phenoxy) is 2. The minimum atomic E-state index is -0.698. The zero-order valence-electron chi connectivity index (χ0n) is 21.7. The molecule has 208 valence electrons. The lowest BCUT2D eigenvalue weighted by molar-refractivity contribution is 0.0731. The molecule has 0 amide bonds. The molecule has 0 aliphatic carbocycles. The fraction of sp³-hybridized carbons (Fsp3) is 0.370. The number of furan rings is 1. The molecule has 0 saturated carbocycles. The lowest BCUT2D eigenvalue weighted by atomic mass is 10.2. The molecule has 5 aromatic rings. The molecule has 2 fully saturated rings. The maximum Gasteiger partial charge on any atom is 0.223 e. The molecule has 4 aromatic heterocycles. The Labute approximate surface area is 228 Å². The summed E-state index contributed by atoms with van der Waals surface area (Å²) in [7, 11) is 0. The number of aliphatic hydroxyl groups excluding tert-OH is 1. The highest BCUT2D eigenvalue weighted by Crippen LogP contribution is 2.28. The van der Waals surface area contributed by atoms with E-state index < -0.39 is 12.2 Å². The van der Waals surface area contributed by atoms with Crippen molar-refractivity contribution in [2.24, 2.45) is 0 Å². The number of nitrogen functional groups attached to an aromatic ring is 1. The summed E-state index contributed by atoms with van der Waals surface area (Å²) < 4.78 is 34.8. The number of rotatable bonds is 7. The van der Waals surface area contributed by atoms with Crippen LogP contribution in [0.3, 0.4) is 0 Å². The second kappa shape index (κ2) is 10.1. The Morgan fingerprint density at radius 3 is 2.73 bits per heavy atom. The van der Waals surface area contributed by atoms with Crippen LogP contribution in [0, 0.1) is 5.82 Å². The molecule has 0 bridgehead atoms. The van der Waals surface area contributed by atoms with Gasteiger partial charge in [0, 0.05) is 38.8 Å². The molecule has 0 radical (unpaired) electrons. The number of hydrogen-bond acceptors (Lipinski definition) is 10. The van der Waals surface area contributed by atoms with Crippen LogP contribution in [0.4, 0.5) is 16.0 Å². The van der Waals surface area contributed by atoms with E-state index >= 15 is 0 Å². The monoisotopic (exact) mass is 548 g/mol. The summed E-state index contributed by atoms with van der Waals surface area (Å²) in [6.45, 7) is 4.92. The Bertz CT molecular complexity index is 1640. The molecule has 2 saturated heterocycles. The number of halogens is 1. The number of nitrogens with zero attached hydrogens (tertiary/aromatic N) is 7. The van der Waals surface area contributed by atoms with Gasteiger partial charge >= 0.3 is 0 Å². The van der Waals surface area contributed by atoms with Gasteiger partial charge in [0.2, 0.25) is 5.95 Å². The number of aliphatic hydroxyl groups is 1. The minimum Gasteiger partial charge on any atom is -0.485 e. The van der Waals surface area contributed by atoms with Crippen LogP contribution in [-0.4, -0.2) is 92.5 Å². The number of fused-ring (bicyclic) bond motifs is 3. The molecule has 12 nitrogen and oxygen atoms in total. The predicted molar refractivity (Wildman–Crippen MR) is 145 cm³/mol. The van der Waals surface area contributed by atoms with E-state index in [0.717, 1.165) is 30.5 Å². The van der Waals surface area contributed by atoms with Crippen molar-refractivity contribution in [3.63, 3.8) is 0 Å². The van der Waals surface area contributed by atoms with E-state index in [1.807, 2.05) is 27.8 Å². The van der Waals surface area contributed by atoms with E-state index in [-0.39, 0.29) is 18.4 Å². The van der Waals surface area contributed by atoms with Gasteiger partial charge in [0.05, 0.1) is 48.8 Å². The largest absolute Gasteiger partial charge is 0.485 e. The molecule has 40 heavy (non-hydrogen) atoms. The van der Waals surface area contributed by atoms with Crippen molar-refractivity contribution in [2.45, 2.75) is 18.8 Å². The van der Waals surface area contributed by atoms with Crippen molar-refractivity contribution in [2.75, 3.05) is 56.6 Å². The fourth-order valence-electron chi connectivity index (χ4n) is 5.37. The first kappa shape index (κ1) is 24.8. The average Bonchev–Trinajstić information content (AvgIpc) is 3.76. The van der Waals surface area contributed by atoms with Gasteiger partial charge in [-0.2, -0.15) is 19.7 Å². The molecule has 1 aromatic carbocycles. The molecule has 3 N–H and O–H groups in total. The lowest BCUT2D eigenvalue weighted by Crippen LogP contribution is -2.47. The summed E-state index contributed by atoms with van der Waals surface area (Å²) in [6.07, 6.45) is 2.23.